The first-order chi connectivity index (χ1) is 10.6. The Kier molecular flexibility index (Phi) is 4.70. The van der Waals surface area contributed by atoms with Crippen LogP contribution in [0.1, 0.15) is 44.1 Å². The summed E-state index contributed by atoms with van der Waals surface area (Å²) >= 11 is 0. The van der Waals surface area contributed by atoms with Gasteiger partial charge in [-0.15, -0.1) is 12.4 Å². The molecule has 5 rings (SSSR count). The Morgan fingerprint density at radius 1 is 1.09 bits per heavy atom. The predicted octanol–water partition coefficient (Wildman–Crippen LogP) is 3.66. The molecular weight excluding hydrogens is 310 g/mol. The van der Waals surface area contributed by atoms with E-state index in [0.717, 1.165) is 23.3 Å². The highest BCUT2D eigenvalue weighted by atomic mass is 35.5. The topological polar surface area (TPSA) is 49.3 Å². The highest BCUT2D eigenvalue weighted by molar-refractivity contribution is 5.85. The largest absolute Gasteiger partial charge is 0.480 e. The molecule has 0 amide bonds. The fraction of sp³-hybridized carbons (Fsp3) is 0.632. The number of carboxylic acids is 1. The number of hydrogen-bond acceptors (Lipinski definition) is 2. The van der Waals surface area contributed by atoms with Crippen LogP contribution in [-0.4, -0.2) is 22.7 Å². The van der Waals surface area contributed by atoms with Gasteiger partial charge in [0.15, 0.2) is 0 Å². The van der Waals surface area contributed by atoms with Crippen LogP contribution < -0.4 is 5.32 Å². The van der Waals surface area contributed by atoms with Crippen LogP contribution in [0.5, 0.6) is 0 Å². The Morgan fingerprint density at radius 3 is 2.09 bits per heavy atom. The standard InChI is InChI=1S/C19H25NO2.ClH/c21-18(22)17(9-13-4-2-1-3-5-13)20-19-10-14-6-15(11-19)8-16(7-14)12-19;/h1-5,14-17,20H,6-12H2,(H,21,22);1H/t14?,15?,16?,17-,19?;/m0./s1. The Labute approximate surface area is 144 Å². The van der Waals surface area contributed by atoms with E-state index in [2.05, 4.69) is 5.32 Å². The number of rotatable bonds is 5. The van der Waals surface area contributed by atoms with E-state index in [1.807, 2.05) is 30.3 Å². The highest BCUT2D eigenvalue weighted by Gasteiger charge is 2.51. The van der Waals surface area contributed by atoms with Crippen molar-refractivity contribution >= 4 is 18.4 Å². The van der Waals surface area contributed by atoms with Crippen LogP contribution in [0.15, 0.2) is 30.3 Å². The summed E-state index contributed by atoms with van der Waals surface area (Å²) in [6.45, 7) is 0. The Bertz CT molecular complexity index is 524. The molecule has 1 atom stereocenters. The number of nitrogens with one attached hydrogen (secondary N) is 1. The van der Waals surface area contributed by atoms with E-state index in [0.29, 0.717) is 6.42 Å². The lowest BCUT2D eigenvalue weighted by Crippen LogP contribution is -2.62. The summed E-state index contributed by atoms with van der Waals surface area (Å²) in [6, 6.07) is 9.54. The van der Waals surface area contributed by atoms with Crippen molar-refractivity contribution in [3.05, 3.63) is 35.9 Å². The summed E-state index contributed by atoms with van der Waals surface area (Å²) in [5.74, 6) is 1.80. The summed E-state index contributed by atoms with van der Waals surface area (Å²) in [7, 11) is 0. The van der Waals surface area contributed by atoms with Crippen LogP contribution in [0.3, 0.4) is 0 Å². The van der Waals surface area contributed by atoms with Crippen LogP contribution >= 0.6 is 12.4 Å². The van der Waals surface area contributed by atoms with Crippen molar-refractivity contribution in [2.24, 2.45) is 17.8 Å². The lowest BCUT2D eigenvalue weighted by atomic mass is 9.53. The fourth-order valence-electron chi connectivity index (χ4n) is 5.71. The first-order valence-corrected chi connectivity index (χ1v) is 8.66. The predicted molar refractivity (Wildman–Crippen MR) is 92.9 cm³/mol. The number of halogens is 1. The third-order valence-corrected chi connectivity index (χ3v) is 6.10. The van der Waals surface area contributed by atoms with E-state index in [1.54, 1.807) is 0 Å². The van der Waals surface area contributed by atoms with Crippen molar-refractivity contribution in [3.63, 3.8) is 0 Å². The van der Waals surface area contributed by atoms with Gasteiger partial charge >= 0.3 is 5.97 Å². The summed E-state index contributed by atoms with van der Waals surface area (Å²) in [5, 5.41) is 13.3. The minimum absolute atomic E-state index is 0. The van der Waals surface area contributed by atoms with Gasteiger partial charge in [0.1, 0.15) is 6.04 Å². The minimum Gasteiger partial charge on any atom is -0.480 e. The molecule has 0 unspecified atom stereocenters. The molecule has 4 saturated carbocycles. The lowest BCUT2D eigenvalue weighted by molar-refractivity contribution is -0.141. The summed E-state index contributed by atoms with van der Waals surface area (Å²) in [5.41, 5.74) is 1.21. The van der Waals surface area contributed by atoms with Crippen molar-refractivity contribution in [3.8, 4) is 0 Å². The molecule has 0 saturated heterocycles. The van der Waals surface area contributed by atoms with E-state index in [9.17, 15) is 9.90 Å². The second kappa shape index (κ2) is 6.45. The monoisotopic (exact) mass is 335 g/mol. The van der Waals surface area contributed by atoms with Gasteiger partial charge in [-0.1, -0.05) is 30.3 Å². The van der Waals surface area contributed by atoms with E-state index in [4.69, 9.17) is 0 Å². The normalized spacial score (nSPS) is 35.6. The number of carbonyl (C=O) groups is 1. The molecule has 4 aliphatic carbocycles. The maximum Gasteiger partial charge on any atom is 0.321 e. The van der Waals surface area contributed by atoms with E-state index < -0.39 is 12.0 Å². The first-order valence-electron chi connectivity index (χ1n) is 8.66. The number of hydrogen-bond donors (Lipinski definition) is 2. The maximum absolute atomic E-state index is 11.8. The number of aliphatic carboxylic acids is 1. The van der Waals surface area contributed by atoms with Crippen molar-refractivity contribution in [2.75, 3.05) is 0 Å². The molecule has 3 nitrogen and oxygen atoms in total. The van der Waals surface area contributed by atoms with E-state index in [1.165, 1.54) is 38.5 Å². The lowest BCUT2D eigenvalue weighted by Gasteiger charge is -2.57. The third-order valence-electron chi connectivity index (χ3n) is 6.10. The molecule has 4 heteroatoms. The molecule has 1 aromatic carbocycles. The number of carboxylic acid groups (broad SMARTS) is 1. The van der Waals surface area contributed by atoms with Gasteiger partial charge in [0.25, 0.3) is 0 Å². The average molecular weight is 336 g/mol. The quantitative estimate of drug-likeness (QED) is 0.863. The van der Waals surface area contributed by atoms with Gasteiger partial charge in [0.05, 0.1) is 0 Å². The van der Waals surface area contributed by atoms with Crippen LogP contribution in [0.25, 0.3) is 0 Å². The summed E-state index contributed by atoms with van der Waals surface area (Å²) < 4.78 is 0. The van der Waals surface area contributed by atoms with Gasteiger partial charge in [-0.25, -0.2) is 0 Å². The molecule has 2 N–H and O–H groups in total. The zero-order valence-electron chi connectivity index (χ0n) is 13.4. The molecule has 1 aromatic rings. The fourth-order valence-corrected chi connectivity index (χ4v) is 5.71. The van der Waals surface area contributed by atoms with Crippen LogP contribution in [0, 0.1) is 17.8 Å². The van der Waals surface area contributed by atoms with Crippen LogP contribution in [0.2, 0.25) is 0 Å². The molecule has 0 heterocycles. The molecule has 4 aliphatic rings. The average Bonchev–Trinajstić information content (AvgIpc) is 2.46. The maximum atomic E-state index is 11.8. The number of benzene rings is 1. The molecular formula is C19H26ClNO2. The Balaban J connectivity index is 0.00000156. The van der Waals surface area contributed by atoms with Crippen molar-refractivity contribution in [1.82, 2.24) is 5.32 Å². The second-order valence-electron chi connectivity index (χ2n) is 7.92. The van der Waals surface area contributed by atoms with Gasteiger partial charge in [-0.3, -0.25) is 10.1 Å². The van der Waals surface area contributed by atoms with Crippen LogP contribution in [0.4, 0.5) is 0 Å². The molecule has 0 spiro atoms. The van der Waals surface area contributed by atoms with Gasteiger partial charge < -0.3 is 5.11 Å². The van der Waals surface area contributed by atoms with Gasteiger partial charge in [-0.2, -0.15) is 0 Å². The van der Waals surface area contributed by atoms with E-state index >= 15 is 0 Å². The molecule has 126 valence electrons. The molecule has 0 aromatic heterocycles. The molecule has 23 heavy (non-hydrogen) atoms. The van der Waals surface area contributed by atoms with Crippen molar-refractivity contribution in [2.45, 2.75) is 56.5 Å². The second-order valence-corrected chi connectivity index (χ2v) is 7.92. The Morgan fingerprint density at radius 2 is 1.61 bits per heavy atom. The molecule has 0 radical (unpaired) electrons. The van der Waals surface area contributed by atoms with Crippen LogP contribution in [-0.2, 0) is 11.2 Å². The minimum atomic E-state index is -0.709. The molecule has 4 bridgehead atoms. The Hall–Kier alpha value is -1.06. The summed E-state index contributed by atoms with van der Waals surface area (Å²) in [4.78, 5) is 11.8. The smallest absolute Gasteiger partial charge is 0.321 e. The first kappa shape index (κ1) is 16.8. The van der Waals surface area contributed by atoms with Crippen molar-refractivity contribution in [1.29, 1.82) is 0 Å². The molecule has 4 fully saturated rings. The van der Waals surface area contributed by atoms with Gasteiger partial charge in [0, 0.05) is 5.54 Å². The molecule has 0 aliphatic heterocycles. The highest BCUT2D eigenvalue weighted by Crippen LogP contribution is 2.55. The van der Waals surface area contributed by atoms with Gasteiger partial charge in [-0.05, 0) is 68.3 Å². The van der Waals surface area contributed by atoms with Gasteiger partial charge in [0.2, 0.25) is 0 Å². The third kappa shape index (κ3) is 3.41. The SMILES string of the molecule is Cl.O=C(O)[C@H](Cc1ccccc1)NC12CC3CC(CC(C3)C1)C2. The zero-order valence-corrected chi connectivity index (χ0v) is 14.2. The van der Waals surface area contributed by atoms with Crippen molar-refractivity contribution < 1.29 is 9.90 Å². The van der Waals surface area contributed by atoms with E-state index in [-0.39, 0.29) is 17.9 Å². The zero-order chi connectivity index (χ0) is 15.2. The summed E-state index contributed by atoms with van der Waals surface area (Å²) in [6.07, 6.45) is 8.32.